The first-order chi connectivity index (χ1) is 11.2. The predicted molar refractivity (Wildman–Crippen MR) is 95.1 cm³/mol. The van der Waals surface area contributed by atoms with Crippen LogP contribution in [0, 0.1) is 0 Å². The van der Waals surface area contributed by atoms with Crippen molar-refractivity contribution in [2.45, 2.75) is 11.8 Å². The molecule has 0 N–H and O–H groups in total. The minimum absolute atomic E-state index is 0.00842. The third-order valence-corrected chi connectivity index (χ3v) is 5.50. The number of methoxy groups -OCH3 is 1. The number of hydrogen-bond donors (Lipinski definition) is 0. The van der Waals surface area contributed by atoms with Gasteiger partial charge in [0, 0.05) is 28.4 Å². The molecule has 1 heterocycles. The summed E-state index contributed by atoms with van der Waals surface area (Å²) in [6.07, 6.45) is 0.339. The largest absolute Gasteiger partial charge is 0.496 e. The summed E-state index contributed by atoms with van der Waals surface area (Å²) < 4.78 is 5.34. The molecule has 1 aliphatic heterocycles. The number of hydrogen-bond acceptors (Lipinski definition) is 3. The molecule has 120 valence electrons. The van der Waals surface area contributed by atoms with Gasteiger partial charge in [-0.05, 0) is 12.1 Å². The Morgan fingerprint density at radius 2 is 2.00 bits per heavy atom. The van der Waals surface area contributed by atoms with Crippen LogP contribution >= 0.6 is 23.4 Å². The van der Waals surface area contributed by atoms with Crippen LogP contribution in [0.25, 0.3) is 0 Å². The molecule has 3 rings (SSSR count). The second-order valence-electron chi connectivity index (χ2n) is 5.32. The highest BCUT2D eigenvalue weighted by Crippen LogP contribution is 2.41. The van der Waals surface area contributed by atoms with Gasteiger partial charge in [-0.2, -0.15) is 0 Å². The van der Waals surface area contributed by atoms with Gasteiger partial charge >= 0.3 is 0 Å². The molecular weight excluding hydrogens is 330 g/mol. The fourth-order valence-electron chi connectivity index (χ4n) is 2.77. The number of ether oxygens (including phenoxy) is 1. The zero-order valence-corrected chi connectivity index (χ0v) is 14.4. The maximum atomic E-state index is 12.8. The van der Waals surface area contributed by atoms with Crippen molar-refractivity contribution in [2.75, 3.05) is 19.4 Å². The van der Waals surface area contributed by atoms with Gasteiger partial charge in [-0.3, -0.25) is 4.79 Å². The van der Waals surface area contributed by atoms with Gasteiger partial charge in [-0.15, -0.1) is 11.8 Å². The maximum Gasteiger partial charge on any atom is 0.228 e. The van der Waals surface area contributed by atoms with Crippen LogP contribution in [0.5, 0.6) is 5.75 Å². The average molecular weight is 348 g/mol. The number of thioether (sulfide) groups is 1. The Morgan fingerprint density at radius 1 is 1.26 bits per heavy atom. The highest BCUT2D eigenvalue weighted by molar-refractivity contribution is 7.99. The van der Waals surface area contributed by atoms with E-state index in [2.05, 4.69) is 0 Å². The van der Waals surface area contributed by atoms with Crippen molar-refractivity contribution in [1.29, 1.82) is 0 Å². The van der Waals surface area contributed by atoms with Gasteiger partial charge in [0.25, 0.3) is 0 Å². The minimum atomic E-state index is -0.00842. The van der Waals surface area contributed by atoms with E-state index < -0.39 is 0 Å². The number of rotatable bonds is 4. The number of carbonyl (C=O) groups is 1. The molecule has 0 aliphatic carbocycles. The Hall–Kier alpha value is -1.65. The van der Waals surface area contributed by atoms with E-state index in [0.717, 1.165) is 29.2 Å². The van der Waals surface area contributed by atoms with Crippen LogP contribution in [0.15, 0.2) is 48.5 Å². The molecular formula is C18H18ClNO2S. The topological polar surface area (TPSA) is 29.5 Å². The molecule has 2 aromatic rings. The smallest absolute Gasteiger partial charge is 0.228 e. The number of amides is 1. The summed E-state index contributed by atoms with van der Waals surface area (Å²) in [5, 5.41) is 0.702. The van der Waals surface area contributed by atoms with Gasteiger partial charge in [-0.25, -0.2) is 0 Å². The summed E-state index contributed by atoms with van der Waals surface area (Å²) in [4.78, 5) is 14.7. The van der Waals surface area contributed by atoms with Crippen molar-refractivity contribution in [1.82, 2.24) is 4.90 Å². The second kappa shape index (κ2) is 7.28. The maximum absolute atomic E-state index is 12.8. The predicted octanol–water partition coefficient (Wildman–Crippen LogP) is 4.17. The molecule has 1 saturated heterocycles. The first-order valence-electron chi connectivity index (χ1n) is 7.48. The fraction of sp³-hybridized carbons (Fsp3) is 0.278. The summed E-state index contributed by atoms with van der Waals surface area (Å²) in [5.41, 5.74) is 1.92. The first-order valence-corrected chi connectivity index (χ1v) is 8.91. The monoisotopic (exact) mass is 347 g/mol. The van der Waals surface area contributed by atoms with Gasteiger partial charge in [0.1, 0.15) is 11.1 Å². The summed E-state index contributed by atoms with van der Waals surface area (Å²) in [7, 11) is 1.63. The van der Waals surface area contributed by atoms with Crippen LogP contribution < -0.4 is 4.74 Å². The van der Waals surface area contributed by atoms with Crippen LogP contribution in [-0.2, 0) is 11.2 Å². The first kappa shape index (κ1) is 16.2. The summed E-state index contributed by atoms with van der Waals surface area (Å²) in [6.45, 7) is 0.745. The van der Waals surface area contributed by atoms with E-state index in [9.17, 15) is 4.79 Å². The number of halogens is 1. The molecule has 0 aromatic heterocycles. The molecule has 1 unspecified atom stereocenters. The average Bonchev–Trinajstić information content (AvgIpc) is 3.05. The van der Waals surface area contributed by atoms with Crippen molar-refractivity contribution in [3.63, 3.8) is 0 Å². The molecule has 1 aliphatic rings. The normalized spacial score (nSPS) is 17.3. The van der Waals surface area contributed by atoms with E-state index >= 15 is 0 Å². The van der Waals surface area contributed by atoms with E-state index in [-0.39, 0.29) is 11.3 Å². The van der Waals surface area contributed by atoms with Crippen molar-refractivity contribution >= 4 is 29.3 Å². The molecule has 0 spiro atoms. The highest BCUT2D eigenvalue weighted by Gasteiger charge is 2.31. The summed E-state index contributed by atoms with van der Waals surface area (Å²) in [5.74, 6) is 1.78. The third-order valence-electron chi connectivity index (χ3n) is 3.92. The van der Waals surface area contributed by atoms with Crippen molar-refractivity contribution in [3.8, 4) is 5.75 Å². The van der Waals surface area contributed by atoms with Crippen LogP contribution in [0.4, 0.5) is 0 Å². The van der Waals surface area contributed by atoms with Gasteiger partial charge in [0.05, 0.1) is 13.5 Å². The van der Waals surface area contributed by atoms with Crippen molar-refractivity contribution < 1.29 is 9.53 Å². The Balaban J connectivity index is 1.80. The Kier molecular flexibility index (Phi) is 5.13. The van der Waals surface area contributed by atoms with E-state index in [1.807, 2.05) is 53.4 Å². The van der Waals surface area contributed by atoms with E-state index in [0.29, 0.717) is 11.4 Å². The lowest BCUT2D eigenvalue weighted by atomic mass is 10.1. The van der Waals surface area contributed by atoms with Gasteiger partial charge in [0.15, 0.2) is 0 Å². The molecule has 0 radical (unpaired) electrons. The lowest BCUT2D eigenvalue weighted by molar-refractivity contribution is -0.130. The lowest BCUT2D eigenvalue weighted by Gasteiger charge is -2.25. The lowest BCUT2D eigenvalue weighted by Crippen LogP contribution is -2.31. The molecule has 2 aromatic carbocycles. The van der Waals surface area contributed by atoms with Gasteiger partial charge < -0.3 is 9.64 Å². The van der Waals surface area contributed by atoms with Crippen molar-refractivity contribution in [2.24, 2.45) is 0 Å². The molecule has 0 saturated carbocycles. The van der Waals surface area contributed by atoms with Crippen molar-refractivity contribution in [3.05, 3.63) is 64.7 Å². The van der Waals surface area contributed by atoms with Gasteiger partial charge in [0.2, 0.25) is 5.91 Å². The number of para-hydroxylation sites is 1. The van der Waals surface area contributed by atoms with E-state index in [1.165, 1.54) is 0 Å². The third kappa shape index (κ3) is 3.48. The van der Waals surface area contributed by atoms with Crippen LogP contribution in [0.3, 0.4) is 0 Å². The molecule has 0 bridgehead atoms. The Morgan fingerprint density at radius 3 is 2.78 bits per heavy atom. The Bertz CT molecular complexity index is 707. The quantitative estimate of drug-likeness (QED) is 0.831. The fourth-order valence-corrected chi connectivity index (χ4v) is 4.39. The zero-order valence-electron chi connectivity index (χ0n) is 12.9. The minimum Gasteiger partial charge on any atom is -0.496 e. The Labute approximate surface area is 145 Å². The summed E-state index contributed by atoms with van der Waals surface area (Å²) >= 11 is 8.07. The molecule has 1 fully saturated rings. The second-order valence-corrected chi connectivity index (χ2v) is 6.92. The molecule has 5 heteroatoms. The summed E-state index contributed by atoms with van der Waals surface area (Å²) in [6, 6.07) is 15.4. The van der Waals surface area contributed by atoms with Gasteiger partial charge in [-0.1, -0.05) is 48.0 Å². The van der Waals surface area contributed by atoms with Crippen LogP contribution in [0.2, 0.25) is 5.02 Å². The SMILES string of the molecule is COc1ccccc1CC(=O)N1CCSC1c1ccccc1Cl. The highest BCUT2D eigenvalue weighted by atomic mass is 35.5. The van der Waals surface area contributed by atoms with E-state index in [1.54, 1.807) is 18.9 Å². The van der Waals surface area contributed by atoms with E-state index in [4.69, 9.17) is 16.3 Å². The standard InChI is InChI=1S/C18H18ClNO2S/c1-22-16-9-5-2-6-13(16)12-17(21)20-10-11-23-18(20)14-7-3-4-8-15(14)19/h2-9,18H,10-12H2,1H3. The molecule has 1 atom stereocenters. The zero-order chi connectivity index (χ0) is 16.2. The van der Waals surface area contributed by atoms with Crippen LogP contribution in [-0.4, -0.2) is 30.2 Å². The molecule has 23 heavy (non-hydrogen) atoms. The molecule has 3 nitrogen and oxygen atoms in total. The number of carbonyl (C=O) groups excluding carboxylic acids is 1. The molecule has 1 amide bonds. The van der Waals surface area contributed by atoms with Crippen LogP contribution in [0.1, 0.15) is 16.5 Å². The number of nitrogens with zero attached hydrogens (tertiary/aromatic N) is 1. The number of benzene rings is 2.